The lowest BCUT2D eigenvalue weighted by Crippen LogP contribution is -2.49. The molecule has 1 aromatic rings. The fourth-order valence-electron chi connectivity index (χ4n) is 2.06. The molecule has 1 aliphatic rings. The van der Waals surface area contributed by atoms with E-state index in [-0.39, 0.29) is 18.1 Å². The van der Waals surface area contributed by atoms with Crippen molar-refractivity contribution in [2.75, 3.05) is 39.3 Å². The molecule has 0 radical (unpaired) electrons. The van der Waals surface area contributed by atoms with E-state index in [0.717, 1.165) is 6.20 Å². The third kappa shape index (κ3) is 3.49. The highest BCUT2D eigenvalue weighted by Crippen LogP contribution is 2.15. The Kier molecular flexibility index (Phi) is 4.84. The van der Waals surface area contributed by atoms with Crippen molar-refractivity contribution >= 4 is 21.8 Å². The van der Waals surface area contributed by atoms with Crippen LogP contribution in [0.1, 0.15) is 10.4 Å². The van der Waals surface area contributed by atoms with Crippen LogP contribution in [0.2, 0.25) is 0 Å². The Hall–Kier alpha value is -1.05. The molecule has 1 aliphatic heterocycles. The second kappa shape index (κ2) is 6.40. The smallest absolute Gasteiger partial charge is 0.257 e. The summed E-state index contributed by atoms with van der Waals surface area (Å²) in [6.07, 6.45) is 1.04. The second-order valence-electron chi connectivity index (χ2n) is 4.34. The quantitative estimate of drug-likeness (QED) is 0.830. The summed E-state index contributed by atoms with van der Waals surface area (Å²) < 4.78 is 14.0. The van der Waals surface area contributed by atoms with E-state index < -0.39 is 5.82 Å². The predicted octanol–water partition coefficient (Wildman–Crippen LogP) is 0.733. The molecule has 1 saturated heterocycles. The number of piperazine rings is 1. The Morgan fingerprint density at radius 2 is 2.11 bits per heavy atom. The van der Waals surface area contributed by atoms with E-state index in [1.807, 2.05) is 0 Å². The Bertz CT molecular complexity index is 464. The van der Waals surface area contributed by atoms with Crippen molar-refractivity contribution in [3.8, 4) is 0 Å². The molecular formula is C12H15BrFN3O2. The fraction of sp³-hybridized carbons (Fsp3) is 0.500. The van der Waals surface area contributed by atoms with Crippen molar-refractivity contribution in [3.05, 3.63) is 28.2 Å². The van der Waals surface area contributed by atoms with Gasteiger partial charge in [-0.25, -0.2) is 9.37 Å². The Morgan fingerprint density at radius 3 is 2.74 bits per heavy atom. The number of halogens is 2. The van der Waals surface area contributed by atoms with Crippen LogP contribution in [0.4, 0.5) is 4.39 Å². The average molecular weight is 332 g/mol. The molecule has 1 aromatic heterocycles. The van der Waals surface area contributed by atoms with Crippen LogP contribution < -0.4 is 0 Å². The third-order valence-corrected chi connectivity index (χ3v) is 3.56. The standard InChI is InChI=1S/C12H15BrFN3O2/c13-11-7-9(10(14)8-15-11)12(19)17-3-1-16(2-4-17)5-6-18/h7-8,18H,1-6H2. The van der Waals surface area contributed by atoms with Crippen molar-refractivity contribution in [1.29, 1.82) is 0 Å². The molecule has 0 atom stereocenters. The summed E-state index contributed by atoms with van der Waals surface area (Å²) in [5.74, 6) is -0.921. The molecular weight excluding hydrogens is 317 g/mol. The molecule has 0 bridgehead atoms. The average Bonchev–Trinajstić information content (AvgIpc) is 2.42. The Labute approximate surface area is 119 Å². The minimum atomic E-state index is -0.606. The minimum absolute atomic E-state index is 0.0393. The number of hydrogen-bond acceptors (Lipinski definition) is 4. The molecule has 0 aromatic carbocycles. The Morgan fingerprint density at radius 1 is 1.42 bits per heavy atom. The van der Waals surface area contributed by atoms with Gasteiger partial charge in [0.1, 0.15) is 4.60 Å². The number of aliphatic hydroxyl groups is 1. The monoisotopic (exact) mass is 331 g/mol. The topological polar surface area (TPSA) is 56.7 Å². The van der Waals surface area contributed by atoms with Gasteiger partial charge in [-0.05, 0) is 22.0 Å². The third-order valence-electron chi connectivity index (χ3n) is 3.13. The summed E-state index contributed by atoms with van der Waals surface area (Å²) in [6, 6.07) is 1.40. The summed E-state index contributed by atoms with van der Waals surface area (Å²) in [5.41, 5.74) is 0.0393. The van der Waals surface area contributed by atoms with Crippen LogP contribution in [-0.4, -0.2) is 65.1 Å². The zero-order valence-corrected chi connectivity index (χ0v) is 11.9. The first-order chi connectivity index (χ1) is 9.11. The molecule has 1 amide bonds. The predicted molar refractivity (Wildman–Crippen MR) is 71.3 cm³/mol. The van der Waals surface area contributed by atoms with Crippen LogP contribution in [0.25, 0.3) is 0 Å². The van der Waals surface area contributed by atoms with Crippen LogP contribution in [-0.2, 0) is 0 Å². The summed E-state index contributed by atoms with van der Waals surface area (Å²) in [5, 5.41) is 8.85. The molecule has 0 unspecified atom stereocenters. The van der Waals surface area contributed by atoms with Crippen molar-refractivity contribution < 1.29 is 14.3 Å². The number of rotatable bonds is 3. The SMILES string of the molecule is O=C(c1cc(Br)ncc1F)N1CCN(CCO)CC1. The van der Waals surface area contributed by atoms with Gasteiger partial charge in [0, 0.05) is 32.7 Å². The lowest BCUT2D eigenvalue weighted by molar-refractivity contribution is 0.0610. The first kappa shape index (κ1) is 14.4. The lowest BCUT2D eigenvalue weighted by atomic mass is 10.2. The minimum Gasteiger partial charge on any atom is -0.395 e. The number of carbonyl (C=O) groups is 1. The van der Waals surface area contributed by atoms with Crippen molar-refractivity contribution in [3.63, 3.8) is 0 Å². The highest BCUT2D eigenvalue weighted by atomic mass is 79.9. The van der Waals surface area contributed by atoms with Gasteiger partial charge in [0.15, 0.2) is 5.82 Å². The number of aliphatic hydroxyl groups excluding tert-OH is 1. The van der Waals surface area contributed by atoms with Gasteiger partial charge in [-0.2, -0.15) is 0 Å². The molecule has 19 heavy (non-hydrogen) atoms. The van der Waals surface area contributed by atoms with Crippen LogP contribution in [0, 0.1) is 5.82 Å². The van der Waals surface area contributed by atoms with Crippen LogP contribution in [0.15, 0.2) is 16.9 Å². The van der Waals surface area contributed by atoms with Gasteiger partial charge < -0.3 is 10.0 Å². The normalized spacial score (nSPS) is 16.7. The zero-order chi connectivity index (χ0) is 13.8. The van der Waals surface area contributed by atoms with Crippen molar-refractivity contribution in [1.82, 2.24) is 14.8 Å². The van der Waals surface area contributed by atoms with Crippen LogP contribution in [0.3, 0.4) is 0 Å². The largest absolute Gasteiger partial charge is 0.395 e. The summed E-state index contributed by atoms with van der Waals surface area (Å²) in [6.45, 7) is 3.19. The molecule has 7 heteroatoms. The van der Waals surface area contributed by atoms with Gasteiger partial charge >= 0.3 is 0 Å². The molecule has 104 valence electrons. The van der Waals surface area contributed by atoms with Gasteiger partial charge in [-0.3, -0.25) is 9.69 Å². The molecule has 0 saturated carbocycles. The van der Waals surface area contributed by atoms with Gasteiger partial charge in [-0.1, -0.05) is 0 Å². The van der Waals surface area contributed by atoms with Gasteiger partial charge in [0.2, 0.25) is 0 Å². The summed E-state index contributed by atoms with van der Waals surface area (Å²) in [7, 11) is 0. The molecule has 5 nitrogen and oxygen atoms in total. The number of hydrogen-bond donors (Lipinski definition) is 1. The number of aromatic nitrogens is 1. The van der Waals surface area contributed by atoms with E-state index in [1.54, 1.807) is 4.90 Å². The zero-order valence-electron chi connectivity index (χ0n) is 10.4. The van der Waals surface area contributed by atoms with Crippen LogP contribution >= 0.6 is 15.9 Å². The van der Waals surface area contributed by atoms with E-state index in [9.17, 15) is 9.18 Å². The molecule has 1 N–H and O–H groups in total. The van der Waals surface area contributed by atoms with E-state index in [1.165, 1.54) is 6.07 Å². The number of carbonyl (C=O) groups excluding carboxylic acids is 1. The number of nitrogens with zero attached hydrogens (tertiary/aromatic N) is 3. The maximum Gasteiger partial charge on any atom is 0.257 e. The maximum absolute atomic E-state index is 13.6. The fourth-order valence-corrected chi connectivity index (χ4v) is 2.39. The van der Waals surface area contributed by atoms with E-state index in [4.69, 9.17) is 5.11 Å². The molecule has 0 spiro atoms. The second-order valence-corrected chi connectivity index (χ2v) is 5.16. The molecule has 0 aliphatic carbocycles. The van der Waals surface area contributed by atoms with Gasteiger partial charge in [-0.15, -0.1) is 0 Å². The van der Waals surface area contributed by atoms with Crippen molar-refractivity contribution in [2.45, 2.75) is 0 Å². The maximum atomic E-state index is 13.6. The first-order valence-corrected chi connectivity index (χ1v) is 6.84. The molecule has 1 fully saturated rings. The van der Waals surface area contributed by atoms with Gasteiger partial charge in [0.05, 0.1) is 18.4 Å². The van der Waals surface area contributed by atoms with Crippen molar-refractivity contribution in [2.24, 2.45) is 0 Å². The van der Waals surface area contributed by atoms with E-state index in [2.05, 4.69) is 25.8 Å². The first-order valence-electron chi connectivity index (χ1n) is 6.05. The van der Waals surface area contributed by atoms with E-state index in [0.29, 0.717) is 37.3 Å². The van der Waals surface area contributed by atoms with Crippen LogP contribution in [0.5, 0.6) is 0 Å². The Balaban J connectivity index is 2.03. The number of amides is 1. The van der Waals surface area contributed by atoms with E-state index >= 15 is 0 Å². The molecule has 2 rings (SSSR count). The lowest BCUT2D eigenvalue weighted by Gasteiger charge is -2.34. The number of pyridine rings is 1. The summed E-state index contributed by atoms with van der Waals surface area (Å²) in [4.78, 5) is 19.6. The number of β-amino-alcohol motifs (C(OH)–C–C–N with tert-alkyl or cyclic N) is 1. The highest BCUT2D eigenvalue weighted by Gasteiger charge is 2.24. The highest BCUT2D eigenvalue weighted by molar-refractivity contribution is 9.10. The summed E-state index contributed by atoms with van der Waals surface area (Å²) >= 11 is 3.13. The molecule has 2 heterocycles. The van der Waals surface area contributed by atoms with Gasteiger partial charge in [0.25, 0.3) is 5.91 Å².